The molecule has 0 spiro atoms. The summed E-state index contributed by atoms with van der Waals surface area (Å²) in [6, 6.07) is 11.6. The number of nitrogens with one attached hydrogen (secondary N) is 3. The smallest absolute Gasteiger partial charge is 0.286 e. The number of fused-ring (bicyclic) bond motifs is 1. The molecule has 27 heavy (non-hydrogen) atoms. The second-order valence-electron chi connectivity index (χ2n) is 6.84. The Morgan fingerprint density at radius 2 is 1.56 bits per heavy atom. The molecule has 140 valence electrons. The Balaban J connectivity index is 1.57. The Labute approximate surface area is 157 Å². The van der Waals surface area contributed by atoms with Crippen molar-refractivity contribution in [2.45, 2.75) is 27.7 Å². The summed E-state index contributed by atoms with van der Waals surface area (Å²) in [6.07, 6.45) is 0. The monoisotopic (exact) mass is 365 g/mol. The first-order chi connectivity index (χ1) is 12.8. The number of hydrogen-bond acceptors (Lipinski definition) is 3. The van der Waals surface area contributed by atoms with Crippen molar-refractivity contribution >= 4 is 22.7 Å². The molecule has 1 aromatic heterocycles. The molecule has 3 rings (SSSR count). The Hall–Kier alpha value is -3.28. The van der Waals surface area contributed by atoms with E-state index >= 15 is 0 Å². The lowest BCUT2D eigenvalue weighted by Gasteiger charge is -2.09. The Morgan fingerprint density at radius 1 is 0.889 bits per heavy atom. The number of hydrazine groups is 1. The van der Waals surface area contributed by atoms with E-state index in [1.807, 2.05) is 52.0 Å². The van der Waals surface area contributed by atoms with E-state index in [0.29, 0.717) is 11.4 Å². The van der Waals surface area contributed by atoms with Gasteiger partial charge in [-0.1, -0.05) is 12.1 Å². The first kappa shape index (κ1) is 18.5. The molecule has 0 fully saturated rings. The van der Waals surface area contributed by atoms with Gasteiger partial charge in [-0.2, -0.15) is 0 Å². The first-order valence-electron chi connectivity index (χ1n) is 8.72. The SMILES string of the molecule is Cc1cc(C)cc(OCC(=O)NNC(=O)c2cc3c(C)cc(C)cc3[nH]2)c1. The summed E-state index contributed by atoms with van der Waals surface area (Å²) < 4.78 is 5.47. The van der Waals surface area contributed by atoms with Gasteiger partial charge in [0.25, 0.3) is 11.8 Å². The summed E-state index contributed by atoms with van der Waals surface area (Å²) in [5.74, 6) is -0.232. The van der Waals surface area contributed by atoms with E-state index in [1.165, 1.54) is 0 Å². The maximum atomic E-state index is 12.3. The van der Waals surface area contributed by atoms with Crippen molar-refractivity contribution in [2.24, 2.45) is 0 Å². The van der Waals surface area contributed by atoms with Crippen molar-refractivity contribution in [2.75, 3.05) is 6.61 Å². The molecule has 1 heterocycles. The van der Waals surface area contributed by atoms with Crippen molar-refractivity contribution in [3.63, 3.8) is 0 Å². The second-order valence-corrected chi connectivity index (χ2v) is 6.84. The van der Waals surface area contributed by atoms with Gasteiger partial charge in [0.05, 0.1) is 0 Å². The molecule has 2 aromatic carbocycles. The van der Waals surface area contributed by atoms with Gasteiger partial charge in [-0.25, -0.2) is 0 Å². The van der Waals surface area contributed by atoms with Crippen LogP contribution in [0.25, 0.3) is 10.9 Å². The maximum Gasteiger partial charge on any atom is 0.286 e. The van der Waals surface area contributed by atoms with Crippen LogP contribution in [-0.2, 0) is 4.79 Å². The third-order valence-electron chi connectivity index (χ3n) is 4.21. The normalized spacial score (nSPS) is 10.7. The fourth-order valence-electron chi connectivity index (χ4n) is 3.12. The molecule has 0 aliphatic carbocycles. The number of amides is 2. The topological polar surface area (TPSA) is 83.2 Å². The molecule has 0 atom stereocenters. The minimum Gasteiger partial charge on any atom is -0.484 e. The van der Waals surface area contributed by atoms with Crippen molar-refractivity contribution < 1.29 is 14.3 Å². The lowest BCUT2D eigenvalue weighted by atomic mass is 10.1. The highest BCUT2D eigenvalue weighted by atomic mass is 16.5. The van der Waals surface area contributed by atoms with Crippen LogP contribution in [0, 0.1) is 27.7 Å². The highest BCUT2D eigenvalue weighted by molar-refractivity contribution is 5.99. The largest absolute Gasteiger partial charge is 0.484 e. The zero-order chi connectivity index (χ0) is 19.6. The zero-order valence-electron chi connectivity index (χ0n) is 15.9. The Morgan fingerprint density at radius 3 is 2.26 bits per heavy atom. The number of rotatable bonds is 4. The molecule has 0 aliphatic rings. The Kier molecular flexibility index (Phi) is 5.16. The maximum absolute atomic E-state index is 12.3. The number of hydrogen-bond donors (Lipinski definition) is 3. The van der Waals surface area contributed by atoms with E-state index in [1.54, 1.807) is 6.07 Å². The van der Waals surface area contributed by atoms with Gasteiger partial charge in [0, 0.05) is 10.9 Å². The molecule has 6 heteroatoms. The fourth-order valence-corrected chi connectivity index (χ4v) is 3.12. The number of benzene rings is 2. The lowest BCUT2D eigenvalue weighted by molar-refractivity contribution is -0.123. The lowest BCUT2D eigenvalue weighted by Crippen LogP contribution is -2.43. The Bertz CT molecular complexity index is 1000. The molecule has 0 unspecified atom stereocenters. The van der Waals surface area contributed by atoms with Crippen LogP contribution in [0.1, 0.15) is 32.7 Å². The molecular weight excluding hydrogens is 342 g/mol. The summed E-state index contributed by atoms with van der Waals surface area (Å²) in [5, 5.41) is 0.982. The summed E-state index contributed by atoms with van der Waals surface area (Å²) in [7, 11) is 0. The van der Waals surface area contributed by atoms with Crippen LogP contribution in [0.5, 0.6) is 5.75 Å². The summed E-state index contributed by atoms with van der Waals surface area (Å²) in [6.45, 7) is 7.74. The van der Waals surface area contributed by atoms with E-state index in [0.717, 1.165) is 33.2 Å². The molecule has 0 bridgehead atoms. The van der Waals surface area contributed by atoms with Gasteiger partial charge in [0.2, 0.25) is 0 Å². The minimum atomic E-state index is -0.439. The van der Waals surface area contributed by atoms with Crippen molar-refractivity contribution in [3.05, 3.63) is 64.3 Å². The van der Waals surface area contributed by atoms with Crippen LogP contribution in [0.15, 0.2) is 36.4 Å². The summed E-state index contributed by atoms with van der Waals surface area (Å²) in [5.41, 5.74) is 10.4. The molecule has 0 aliphatic heterocycles. The van der Waals surface area contributed by atoms with Crippen LogP contribution in [-0.4, -0.2) is 23.4 Å². The number of ether oxygens (including phenoxy) is 1. The van der Waals surface area contributed by atoms with Crippen LogP contribution >= 0.6 is 0 Å². The van der Waals surface area contributed by atoms with Gasteiger partial charge in [0.15, 0.2) is 6.61 Å². The standard InChI is InChI=1S/C21H23N3O3/c1-12-5-13(2)8-16(7-12)27-11-20(25)23-24-21(26)19-10-17-15(4)6-14(3)9-18(17)22-19/h5-10,22H,11H2,1-4H3,(H,23,25)(H,24,26). The van der Waals surface area contributed by atoms with E-state index in [4.69, 9.17) is 4.74 Å². The molecule has 0 radical (unpaired) electrons. The molecule has 2 amide bonds. The van der Waals surface area contributed by atoms with Gasteiger partial charge in [-0.05, 0) is 74.2 Å². The van der Waals surface area contributed by atoms with Crippen LogP contribution in [0.3, 0.4) is 0 Å². The van der Waals surface area contributed by atoms with Gasteiger partial charge < -0.3 is 9.72 Å². The average molecular weight is 365 g/mol. The van der Waals surface area contributed by atoms with Crippen molar-refractivity contribution in [1.82, 2.24) is 15.8 Å². The van der Waals surface area contributed by atoms with E-state index in [9.17, 15) is 9.59 Å². The third-order valence-corrected chi connectivity index (χ3v) is 4.21. The predicted octanol–water partition coefficient (Wildman–Crippen LogP) is 3.24. The zero-order valence-corrected chi connectivity index (χ0v) is 15.9. The average Bonchev–Trinajstić information content (AvgIpc) is 3.01. The van der Waals surface area contributed by atoms with Crippen LogP contribution < -0.4 is 15.6 Å². The number of aryl methyl sites for hydroxylation is 4. The van der Waals surface area contributed by atoms with Crippen molar-refractivity contribution in [1.29, 1.82) is 0 Å². The fraction of sp³-hybridized carbons (Fsp3) is 0.238. The van der Waals surface area contributed by atoms with Crippen LogP contribution in [0.4, 0.5) is 0 Å². The number of carbonyl (C=O) groups excluding carboxylic acids is 2. The number of H-pyrrole nitrogens is 1. The summed E-state index contributed by atoms with van der Waals surface area (Å²) in [4.78, 5) is 27.3. The first-order valence-corrected chi connectivity index (χ1v) is 8.72. The number of carbonyl (C=O) groups is 2. The van der Waals surface area contributed by atoms with Gasteiger partial charge in [-0.3, -0.25) is 20.4 Å². The molecule has 0 saturated heterocycles. The number of aromatic amines is 1. The third kappa shape index (κ3) is 4.47. The van der Waals surface area contributed by atoms with Crippen molar-refractivity contribution in [3.8, 4) is 5.75 Å². The number of aromatic nitrogens is 1. The molecule has 6 nitrogen and oxygen atoms in total. The van der Waals surface area contributed by atoms with E-state index in [-0.39, 0.29) is 6.61 Å². The van der Waals surface area contributed by atoms with Gasteiger partial charge >= 0.3 is 0 Å². The molecule has 0 saturated carbocycles. The predicted molar refractivity (Wildman–Crippen MR) is 105 cm³/mol. The quantitative estimate of drug-likeness (QED) is 0.621. The molecule has 3 N–H and O–H groups in total. The van der Waals surface area contributed by atoms with E-state index < -0.39 is 11.8 Å². The van der Waals surface area contributed by atoms with Gasteiger partial charge in [-0.15, -0.1) is 0 Å². The minimum absolute atomic E-state index is 0.186. The highest BCUT2D eigenvalue weighted by Crippen LogP contribution is 2.21. The van der Waals surface area contributed by atoms with Gasteiger partial charge in [0.1, 0.15) is 11.4 Å². The van der Waals surface area contributed by atoms with Crippen LogP contribution in [0.2, 0.25) is 0 Å². The van der Waals surface area contributed by atoms with E-state index in [2.05, 4.69) is 21.9 Å². The summed E-state index contributed by atoms with van der Waals surface area (Å²) >= 11 is 0. The second kappa shape index (κ2) is 7.53. The molecular formula is C21H23N3O3. The highest BCUT2D eigenvalue weighted by Gasteiger charge is 2.12. The molecule has 3 aromatic rings.